The molecule has 0 bridgehead atoms. The average Bonchev–Trinajstić information content (AvgIpc) is 3.31. The number of carbonyl (C=O) groups excluding carboxylic acids is 4. The maximum absolute atomic E-state index is 13.1. The highest BCUT2D eigenvalue weighted by atomic mass is 31.2. The van der Waals surface area contributed by atoms with Gasteiger partial charge in [0.25, 0.3) is 17.7 Å². The van der Waals surface area contributed by atoms with Crippen LogP contribution in [0.15, 0.2) is 48.6 Å². The highest BCUT2D eigenvalue weighted by Crippen LogP contribution is 2.42. The number of aromatic nitrogens is 2. The summed E-state index contributed by atoms with van der Waals surface area (Å²) in [7, 11) is -2.20. The van der Waals surface area contributed by atoms with Crippen LogP contribution in [-0.4, -0.2) is 82.1 Å². The molecule has 0 saturated carbocycles. The molecule has 1 aliphatic rings. The van der Waals surface area contributed by atoms with Crippen LogP contribution in [0.3, 0.4) is 0 Å². The summed E-state index contributed by atoms with van der Waals surface area (Å²) in [4.78, 5) is 76.6. The summed E-state index contributed by atoms with van der Waals surface area (Å²) in [6, 6.07) is 9.30. The summed E-state index contributed by atoms with van der Waals surface area (Å²) in [5.41, 5.74) is 1.05. The Balaban J connectivity index is 1.44. The highest BCUT2D eigenvalue weighted by Gasteiger charge is 2.24. The second kappa shape index (κ2) is 13.9. The van der Waals surface area contributed by atoms with Crippen molar-refractivity contribution in [2.75, 3.05) is 33.9 Å². The van der Waals surface area contributed by atoms with Crippen LogP contribution in [0, 0.1) is 0 Å². The van der Waals surface area contributed by atoms with Crippen molar-refractivity contribution in [1.82, 2.24) is 25.5 Å². The lowest BCUT2D eigenvalue weighted by Crippen LogP contribution is -2.38. The fraction of sp³-hybridized carbons (Fsp3) is 0.259. The molecule has 0 spiro atoms. The molecule has 0 saturated heterocycles. The number of hydrogen-bond acceptors (Lipinski definition) is 11. The molecule has 1 aromatic heterocycles. The van der Waals surface area contributed by atoms with Crippen LogP contribution in [0.4, 0.5) is 0 Å². The Bertz CT molecular complexity index is 1630. The Morgan fingerprint density at radius 2 is 1.52 bits per heavy atom. The zero-order valence-electron chi connectivity index (χ0n) is 23.5. The van der Waals surface area contributed by atoms with Gasteiger partial charge in [-0.1, -0.05) is 12.1 Å². The van der Waals surface area contributed by atoms with Crippen molar-refractivity contribution < 1.29 is 52.3 Å². The Morgan fingerprint density at radius 1 is 0.932 bits per heavy atom. The molecule has 2 heterocycles. The maximum atomic E-state index is 13.1. The number of rotatable bonds is 14. The Hall–Kier alpha value is -5.05. The number of ether oxygens (including phenoxy) is 3. The first-order chi connectivity index (χ1) is 21.0. The van der Waals surface area contributed by atoms with E-state index in [-0.39, 0.29) is 61.5 Å². The maximum Gasteiger partial charge on any atom is 0.524 e. The van der Waals surface area contributed by atoms with Crippen LogP contribution >= 0.6 is 7.82 Å². The van der Waals surface area contributed by atoms with E-state index < -0.39 is 31.5 Å². The molecular formula is C27H28N5O11P. The van der Waals surface area contributed by atoms with Crippen molar-refractivity contribution >= 4 is 42.5 Å². The Morgan fingerprint density at radius 3 is 2.11 bits per heavy atom. The molecule has 17 heteroatoms. The topological polar surface area (TPSA) is 216 Å². The lowest BCUT2D eigenvalue weighted by atomic mass is 10.1. The monoisotopic (exact) mass is 629 g/mol. The van der Waals surface area contributed by atoms with Gasteiger partial charge in [-0.2, -0.15) is 0 Å². The van der Waals surface area contributed by atoms with E-state index in [4.69, 9.17) is 24.0 Å². The van der Waals surface area contributed by atoms with Gasteiger partial charge in [0.1, 0.15) is 23.9 Å². The van der Waals surface area contributed by atoms with Gasteiger partial charge in [-0.15, -0.1) is 0 Å². The fourth-order valence-electron chi connectivity index (χ4n) is 4.08. The number of imide groups is 1. The van der Waals surface area contributed by atoms with E-state index in [0.717, 1.165) is 17.1 Å². The number of nitrogens with zero attached hydrogens (tertiary/aromatic N) is 3. The van der Waals surface area contributed by atoms with Crippen molar-refractivity contribution in [3.05, 3.63) is 59.8 Å². The molecule has 0 radical (unpaired) electrons. The SMILES string of the molecule is COc1cc(OP(=O)(O)O)cc(OC)c1COc1nc2ccccc2nc1C(=O)NCCNC(=O)CCN1C(=O)C=CC1=O. The molecule has 4 amide bonds. The van der Waals surface area contributed by atoms with Gasteiger partial charge in [0, 0.05) is 50.3 Å². The van der Waals surface area contributed by atoms with Crippen LogP contribution in [0.2, 0.25) is 0 Å². The summed E-state index contributed by atoms with van der Waals surface area (Å²) in [6.07, 6.45) is 2.18. The molecule has 0 fully saturated rings. The van der Waals surface area contributed by atoms with Gasteiger partial charge < -0.3 is 29.4 Å². The van der Waals surface area contributed by atoms with Crippen molar-refractivity contribution in [1.29, 1.82) is 0 Å². The molecule has 1 aliphatic heterocycles. The van der Waals surface area contributed by atoms with E-state index in [2.05, 4.69) is 25.1 Å². The molecule has 44 heavy (non-hydrogen) atoms. The number of nitrogens with one attached hydrogen (secondary N) is 2. The number of benzene rings is 2. The van der Waals surface area contributed by atoms with Gasteiger partial charge in [-0.05, 0) is 12.1 Å². The second-order valence-corrected chi connectivity index (χ2v) is 10.2. The number of phosphoric acid groups is 1. The standard InChI is InChI=1S/C27H28N5O11P/c1-40-20-13-16(43-44(37,38)39)14-21(41-2)17(20)15-42-27-25(30-18-5-3-4-6-19(18)31-27)26(36)29-11-10-28-22(33)9-12-32-23(34)7-8-24(32)35/h3-8,13-14H,9-12,15H2,1-2H3,(H,28,33)(H,29,36)(H2,37,38,39). The summed E-state index contributed by atoms with van der Waals surface area (Å²) in [6.45, 7) is -0.238. The number of phosphoric ester groups is 1. The molecule has 4 rings (SSSR count). The number of amides is 4. The van der Waals surface area contributed by atoms with E-state index >= 15 is 0 Å². The highest BCUT2D eigenvalue weighted by molar-refractivity contribution is 7.46. The smallest absolute Gasteiger partial charge is 0.496 e. The van der Waals surface area contributed by atoms with Crippen molar-refractivity contribution in [3.63, 3.8) is 0 Å². The zero-order chi connectivity index (χ0) is 31.9. The zero-order valence-corrected chi connectivity index (χ0v) is 24.4. The predicted molar refractivity (Wildman–Crippen MR) is 152 cm³/mol. The number of hydrogen-bond donors (Lipinski definition) is 4. The Labute approximate surface area is 250 Å². The quantitative estimate of drug-likeness (QED) is 0.111. The van der Waals surface area contributed by atoms with E-state index in [1.807, 2.05) is 0 Å². The third-order valence-corrected chi connectivity index (χ3v) is 6.56. The van der Waals surface area contributed by atoms with Gasteiger partial charge >= 0.3 is 7.82 Å². The van der Waals surface area contributed by atoms with Gasteiger partial charge in [0.2, 0.25) is 11.8 Å². The number of methoxy groups -OCH3 is 2. The first kappa shape index (κ1) is 31.9. The second-order valence-electron chi connectivity index (χ2n) is 9.06. The third kappa shape index (κ3) is 8.06. The van der Waals surface area contributed by atoms with Gasteiger partial charge in [0.05, 0.1) is 30.8 Å². The van der Waals surface area contributed by atoms with Crippen LogP contribution in [-0.2, 0) is 25.6 Å². The van der Waals surface area contributed by atoms with E-state index in [1.165, 1.54) is 26.4 Å². The van der Waals surface area contributed by atoms with Gasteiger partial charge in [0.15, 0.2) is 5.69 Å². The van der Waals surface area contributed by atoms with E-state index in [0.29, 0.717) is 16.6 Å². The third-order valence-electron chi connectivity index (χ3n) is 6.11. The molecule has 3 aromatic rings. The predicted octanol–water partition coefficient (Wildman–Crippen LogP) is 0.859. The van der Waals surface area contributed by atoms with Crippen molar-refractivity contribution in [3.8, 4) is 23.1 Å². The minimum absolute atomic E-state index is 0.0182. The van der Waals surface area contributed by atoms with E-state index in [1.54, 1.807) is 24.3 Å². The minimum Gasteiger partial charge on any atom is -0.496 e. The normalized spacial score (nSPS) is 12.8. The largest absolute Gasteiger partial charge is 0.524 e. The summed E-state index contributed by atoms with van der Waals surface area (Å²) in [5.74, 6) is -2.10. The lowest BCUT2D eigenvalue weighted by Gasteiger charge is -2.17. The number of carbonyl (C=O) groups is 4. The molecular weight excluding hydrogens is 601 g/mol. The molecule has 2 aromatic carbocycles. The first-order valence-electron chi connectivity index (χ1n) is 13.0. The summed E-state index contributed by atoms with van der Waals surface area (Å²) in [5, 5.41) is 5.24. The van der Waals surface area contributed by atoms with Gasteiger partial charge in [-0.25, -0.2) is 14.5 Å². The van der Waals surface area contributed by atoms with Crippen molar-refractivity contribution in [2.45, 2.75) is 13.0 Å². The number of para-hydroxylation sites is 2. The minimum atomic E-state index is -4.85. The first-order valence-corrected chi connectivity index (χ1v) is 14.5. The molecule has 4 N–H and O–H groups in total. The average molecular weight is 630 g/mol. The van der Waals surface area contributed by atoms with Gasteiger partial charge in [-0.3, -0.25) is 33.9 Å². The van der Waals surface area contributed by atoms with E-state index in [9.17, 15) is 23.7 Å². The molecule has 16 nitrogen and oxygen atoms in total. The Kier molecular flexibility index (Phi) is 10.1. The summed E-state index contributed by atoms with van der Waals surface area (Å²) >= 11 is 0. The molecule has 0 aliphatic carbocycles. The molecule has 0 unspecified atom stereocenters. The molecule has 232 valence electrons. The molecule has 0 atom stereocenters. The lowest BCUT2D eigenvalue weighted by molar-refractivity contribution is -0.137. The van der Waals surface area contributed by atoms with Crippen LogP contribution in [0.25, 0.3) is 11.0 Å². The van der Waals surface area contributed by atoms with Crippen LogP contribution in [0.5, 0.6) is 23.1 Å². The number of fused-ring (bicyclic) bond motifs is 1. The fourth-order valence-corrected chi connectivity index (χ4v) is 4.46. The van der Waals surface area contributed by atoms with Crippen LogP contribution in [0.1, 0.15) is 22.5 Å². The van der Waals surface area contributed by atoms with Crippen LogP contribution < -0.4 is 29.4 Å². The van der Waals surface area contributed by atoms with Crippen molar-refractivity contribution in [2.24, 2.45) is 0 Å². The summed E-state index contributed by atoms with van der Waals surface area (Å²) < 4.78 is 32.5.